The zero-order chi connectivity index (χ0) is 16.7. The Kier molecular flexibility index (Phi) is 3.36. The minimum Gasteiger partial charge on any atom is -0.478 e. The van der Waals surface area contributed by atoms with Gasteiger partial charge in [0, 0.05) is 16.9 Å². The molecule has 0 spiro atoms. The fraction of sp³-hybridized carbons (Fsp3) is 0. The first-order valence-corrected chi connectivity index (χ1v) is 7.67. The summed E-state index contributed by atoms with van der Waals surface area (Å²) in [6.07, 6.45) is 1.74. The molecule has 5 nitrogen and oxygen atoms in total. The highest BCUT2D eigenvalue weighted by atomic mass is 35.5. The Balaban J connectivity index is 2.00. The Morgan fingerprint density at radius 2 is 1.96 bits per heavy atom. The van der Waals surface area contributed by atoms with Gasteiger partial charge in [0.15, 0.2) is 5.82 Å². The molecule has 0 saturated heterocycles. The first kappa shape index (κ1) is 14.5. The van der Waals surface area contributed by atoms with Gasteiger partial charge in [0.1, 0.15) is 5.52 Å². The zero-order valence-corrected chi connectivity index (χ0v) is 13.2. The largest absolute Gasteiger partial charge is 0.478 e. The molecule has 0 aliphatic carbocycles. The Labute approximate surface area is 142 Å². The second-order valence-corrected chi connectivity index (χ2v) is 5.77. The molecule has 0 aliphatic rings. The Morgan fingerprint density at radius 3 is 2.75 bits per heavy atom. The molecule has 0 saturated carbocycles. The number of carbonyl (C=O) groups is 1. The van der Waals surface area contributed by atoms with Crippen LogP contribution in [0.5, 0.6) is 0 Å². The summed E-state index contributed by atoms with van der Waals surface area (Å²) in [4.78, 5) is 16.2. The predicted octanol–water partition coefficient (Wildman–Crippen LogP) is 4.58. The Hall–Kier alpha value is -3.05. The number of carboxylic acid groups (broad SMARTS) is 1. The average Bonchev–Trinajstić information content (AvgIpc) is 3.01. The highest BCUT2D eigenvalue weighted by molar-refractivity contribution is 6.30. The minimum atomic E-state index is -0.997. The number of halogens is 1. The number of nitrogens with one attached hydrogen (secondary N) is 1. The van der Waals surface area contributed by atoms with Crippen molar-refractivity contribution in [1.82, 2.24) is 9.38 Å². The topological polar surface area (TPSA) is 66.6 Å². The molecule has 0 amide bonds. The maximum absolute atomic E-state index is 11.6. The van der Waals surface area contributed by atoms with Gasteiger partial charge in [-0.2, -0.15) is 0 Å². The Morgan fingerprint density at radius 1 is 1.12 bits per heavy atom. The highest BCUT2D eigenvalue weighted by Crippen LogP contribution is 2.29. The predicted molar refractivity (Wildman–Crippen MR) is 94.4 cm³/mol. The summed E-state index contributed by atoms with van der Waals surface area (Å²) < 4.78 is 1.83. The molecule has 118 valence electrons. The van der Waals surface area contributed by atoms with Gasteiger partial charge in [-0.15, -0.1) is 0 Å². The third-order valence-electron chi connectivity index (χ3n) is 3.80. The number of rotatable bonds is 3. The number of carboxylic acids is 1. The molecule has 0 unspecified atom stereocenters. The molecular weight excluding hydrogens is 326 g/mol. The van der Waals surface area contributed by atoms with Gasteiger partial charge in [-0.3, -0.25) is 0 Å². The molecule has 2 heterocycles. The van der Waals surface area contributed by atoms with Crippen LogP contribution < -0.4 is 5.32 Å². The molecule has 4 rings (SSSR count). The summed E-state index contributed by atoms with van der Waals surface area (Å²) in [5, 5.41) is 13.3. The number of hydrogen-bond acceptors (Lipinski definition) is 3. The summed E-state index contributed by atoms with van der Waals surface area (Å²) in [5.41, 5.74) is 3.06. The molecule has 4 aromatic rings. The van der Waals surface area contributed by atoms with Gasteiger partial charge in [0.05, 0.1) is 16.6 Å². The number of nitrogens with zero attached hydrogens (tertiary/aromatic N) is 2. The second-order valence-electron chi connectivity index (χ2n) is 5.34. The van der Waals surface area contributed by atoms with E-state index in [1.165, 1.54) is 0 Å². The van der Waals surface area contributed by atoms with E-state index in [1.807, 2.05) is 40.8 Å². The summed E-state index contributed by atoms with van der Waals surface area (Å²) in [7, 11) is 0. The summed E-state index contributed by atoms with van der Waals surface area (Å²) >= 11 is 6.03. The van der Waals surface area contributed by atoms with Crippen molar-refractivity contribution < 1.29 is 9.90 Å². The molecule has 2 aromatic carbocycles. The lowest BCUT2D eigenvalue weighted by atomic mass is 10.2. The number of benzene rings is 2. The molecule has 0 radical (unpaired) electrons. The number of hydrogen-bond donors (Lipinski definition) is 2. The SMILES string of the molecule is O=C(O)c1ccn2c1c(Nc1cccc(Cl)c1)nc1ccccc12. The third-order valence-corrected chi connectivity index (χ3v) is 4.04. The van der Waals surface area contributed by atoms with E-state index in [2.05, 4.69) is 10.3 Å². The molecule has 0 bridgehead atoms. The lowest BCUT2D eigenvalue weighted by Crippen LogP contribution is -2.03. The number of fused-ring (bicyclic) bond motifs is 3. The highest BCUT2D eigenvalue weighted by Gasteiger charge is 2.17. The van der Waals surface area contributed by atoms with Crippen LogP contribution in [0.3, 0.4) is 0 Å². The van der Waals surface area contributed by atoms with E-state index >= 15 is 0 Å². The van der Waals surface area contributed by atoms with Crippen molar-refractivity contribution in [2.75, 3.05) is 5.32 Å². The molecular formula is C18H12ClN3O2. The molecule has 6 heteroatoms. The van der Waals surface area contributed by atoms with Crippen LogP contribution in [0.15, 0.2) is 60.8 Å². The molecule has 2 aromatic heterocycles. The number of anilines is 2. The number of para-hydroxylation sites is 2. The van der Waals surface area contributed by atoms with Crippen molar-refractivity contribution >= 4 is 45.6 Å². The van der Waals surface area contributed by atoms with Crippen molar-refractivity contribution in [3.63, 3.8) is 0 Å². The van der Waals surface area contributed by atoms with Crippen molar-refractivity contribution in [3.05, 3.63) is 71.4 Å². The van der Waals surface area contributed by atoms with Crippen LogP contribution in [0.25, 0.3) is 16.6 Å². The lowest BCUT2D eigenvalue weighted by Gasteiger charge is -2.11. The van der Waals surface area contributed by atoms with E-state index in [1.54, 1.807) is 24.4 Å². The molecule has 0 atom stereocenters. The van der Waals surface area contributed by atoms with E-state index in [9.17, 15) is 9.90 Å². The molecule has 24 heavy (non-hydrogen) atoms. The number of aromatic carboxylic acids is 1. The lowest BCUT2D eigenvalue weighted by molar-refractivity contribution is 0.0699. The van der Waals surface area contributed by atoms with Gasteiger partial charge < -0.3 is 14.8 Å². The molecule has 0 aliphatic heterocycles. The molecule has 0 fully saturated rings. The van der Waals surface area contributed by atoms with E-state index in [0.29, 0.717) is 16.4 Å². The first-order chi connectivity index (χ1) is 11.6. The van der Waals surface area contributed by atoms with Crippen LogP contribution in [0.2, 0.25) is 5.02 Å². The Bertz CT molecular complexity index is 1090. The standard InChI is InChI=1S/C18H12ClN3O2/c19-11-4-3-5-12(10-11)20-17-16-13(18(23)24)8-9-22(16)15-7-2-1-6-14(15)21-17/h1-10H,(H,20,21)(H,23,24). The van der Waals surface area contributed by atoms with Crippen molar-refractivity contribution in [2.24, 2.45) is 0 Å². The van der Waals surface area contributed by atoms with E-state index < -0.39 is 5.97 Å². The van der Waals surface area contributed by atoms with Crippen LogP contribution in [0, 0.1) is 0 Å². The van der Waals surface area contributed by atoms with E-state index in [0.717, 1.165) is 16.7 Å². The van der Waals surface area contributed by atoms with E-state index in [-0.39, 0.29) is 5.56 Å². The third kappa shape index (κ3) is 2.35. The fourth-order valence-electron chi connectivity index (χ4n) is 2.77. The van der Waals surface area contributed by atoms with Gasteiger partial charge in [-0.25, -0.2) is 9.78 Å². The summed E-state index contributed by atoms with van der Waals surface area (Å²) in [5.74, 6) is -0.526. The minimum absolute atomic E-state index is 0.192. The normalized spacial score (nSPS) is 11.0. The zero-order valence-electron chi connectivity index (χ0n) is 12.4. The van der Waals surface area contributed by atoms with Crippen LogP contribution >= 0.6 is 11.6 Å². The smallest absolute Gasteiger partial charge is 0.338 e. The van der Waals surface area contributed by atoms with Gasteiger partial charge in [-0.05, 0) is 36.4 Å². The maximum Gasteiger partial charge on any atom is 0.338 e. The monoisotopic (exact) mass is 337 g/mol. The van der Waals surface area contributed by atoms with Crippen LogP contribution in [-0.4, -0.2) is 20.5 Å². The van der Waals surface area contributed by atoms with Crippen LogP contribution in [0.1, 0.15) is 10.4 Å². The van der Waals surface area contributed by atoms with Gasteiger partial charge in [0.25, 0.3) is 0 Å². The van der Waals surface area contributed by atoms with Crippen LogP contribution in [-0.2, 0) is 0 Å². The van der Waals surface area contributed by atoms with Crippen molar-refractivity contribution in [1.29, 1.82) is 0 Å². The summed E-state index contributed by atoms with van der Waals surface area (Å²) in [6, 6.07) is 16.4. The van der Waals surface area contributed by atoms with Gasteiger partial charge in [-0.1, -0.05) is 29.8 Å². The van der Waals surface area contributed by atoms with E-state index in [4.69, 9.17) is 11.6 Å². The van der Waals surface area contributed by atoms with Crippen LogP contribution in [0.4, 0.5) is 11.5 Å². The summed E-state index contributed by atoms with van der Waals surface area (Å²) in [6.45, 7) is 0. The second kappa shape index (κ2) is 5.54. The molecule has 2 N–H and O–H groups in total. The number of aromatic nitrogens is 2. The maximum atomic E-state index is 11.6. The van der Waals surface area contributed by atoms with Crippen molar-refractivity contribution in [3.8, 4) is 0 Å². The first-order valence-electron chi connectivity index (χ1n) is 7.29. The average molecular weight is 338 g/mol. The van der Waals surface area contributed by atoms with Gasteiger partial charge >= 0.3 is 5.97 Å². The van der Waals surface area contributed by atoms with Crippen molar-refractivity contribution in [2.45, 2.75) is 0 Å². The quantitative estimate of drug-likeness (QED) is 0.574. The fourth-order valence-corrected chi connectivity index (χ4v) is 2.96. The van der Waals surface area contributed by atoms with Gasteiger partial charge in [0.2, 0.25) is 0 Å².